The molecular formula is C15H20BrNO2. The third-order valence-corrected chi connectivity index (χ3v) is 2.54. The molecule has 0 aliphatic carbocycles. The van der Waals surface area contributed by atoms with Gasteiger partial charge in [0.1, 0.15) is 5.69 Å². The fraction of sp³-hybridized carbons (Fsp3) is 0.333. The van der Waals surface area contributed by atoms with E-state index in [1.165, 1.54) is 7.11 Å². The van der Waals surface area contributed by atoms with Crippen LogP contribution in [-0.4, -0.2) is 18.1 Å². The summed E-state index contributed by atoms with van der Waals surface area (Å²) >= 11 is 3.37. The lowest BCUT2D eigenvalue weighted by atomic mass is 10.2. The molecule has 0 N–H and O–H groups in total. The lowest BCUT2D eigenvalue weighted by Gasteiger charge is -2.01. The zero-order valence-corrected chi connectivity index (χ0v) is 13.6. The zero-order valence-electron chi connectivity index (χ0n) is 12.0. The van der Waals surface area contributed by atoms with Crippen LogP contribution < -0.4 is 0 Å². The number of halogens is 1. The van der Waals surface area contributed by atoms with E-state index in [1.54, 1.807) is 6.07 Å². The third-order valence-electron chi connectivity index (χ3n) is 2.05. The van der Waals surface area contributed by atoms with Crippen molar-refractivity contribution in [2.24, 2.45) is 0 Å². The number of nitrogens with zero attached hydrogens (tertiary/aromatic N) is 1. The molecule has 0 saturated carbocycles. The van der Waals surface area contributed by atoms with Crippen LogP contribution in [0.1, 0.15) is 38.2 Å². The molecule has 104 valence electrons. The van der Waals surface area contributed by atoms with Gasteiger partial charge in [0.25, 0.3) is 0 Å². The van der Waals surface area contributed by atoms with Crippen LogP contribution in [0.15, 0.2) is 34.8 Å². The summed E-state index contributed by atoms with van der Waals surface area (Å²) in [6, 6.07) is 9.19. The smallest absolute Gasteiger partial charge is 0.356 e. The second kappa shape index (κ2) is 9.50. The zero-order chi connectivity index (χ0) is 14.8. The molecule has 1 aromatic carbocycles. The molecule has 0 bridgehead atoms. The number of hydrogen-bond donors (Lipinski definition) is 0. The monoisotopic (exact) mass is 325 g/mol. The molecule has 0 fully saturated rings. The van der Waals surface area contributed by atoms with Crippen LogP contribution in [0.4, 0.5) is 0 Å². The van der Waals surface area contributed by atoms with Crippen LogP contribution in [0, 0.1) is 0 Å². The van der Waals surface area contributed by atoms with Gasteiger partial charge in [-0.15, -0.1) is 0 Å². The van der Waals surface area contributed by atoms with Crippen LogP contribution in [0.5, 0.6) is 0 Å². The SMILES string of the molecule is CC.CC.COC(=O)c1ccc2cc(Br)ccc2n1. The number of pyridine rings is 1. The van der Waals surface area contributed by atoms with E-state index in [1.807, 2.05) is 52.0 Å². The Labute approximate surface area is 123 Å². The maximum Gasteiger partial charge on any atom is 0.356 e. The maximum absolute atomic E-state index is 11.2. The Morgan fingerprint density at radius 2 is 1.74 bits per heavy atom. The fourth-order valence-corrected chi connectivity index (χ4v) is 1.69. The van der Waals surface area contributed by atoms with E-state index in [4.69, 9.17) is 0 Å². The number of fused-ring (bicyclic) bond motifs is 1. The first-order chi connectivity index (χ1) is 9.20. The number of carbonyl (C=O) groups excluding carboxylic acids is 1. The summed E-state index contributed by atoms with van der Waals surface area (Å²) in [6.45, 7) is 8.00. The van der Waals surface area contributed by atoms with Gasteiger partial charge in [0.2, 0.25) is 0 Å². The van der Waals surface area contributed by atoms with Gasteiger partial charge < -0.3 is 4.74 Å². The van der Waals surface area contributed by atoms with Crippen LogP contribution in [-0.2, 0) is 4.74 Å². The topological polar surface area (TPSA) is 39.2 Å². The maximum atomic E-state index is 11.2. The summed E-state index contributed by atoms with van der Waals surface area (Å²) < 4.78 is 5.59. The van der Waals surface area contributed by atoms with Crippen LogP contribution >= 0.6 is 15.9 Å². The molecule has 19 heavy (non-hydrogen) atoms. The summed E-state index contributed by atoms with van der Waals surface area (Å²) in [5.41, 5.74) is 1.11. The average molecular weight is 326 g/mol. The Balaban J connectivity index is 0.000000741. The second-order valence-corrected chi connectivity index (χ2v) is 3.94. The lowest BCUT2D eigenvalue weighted by Crippen LogP contribution is -2.03. The number of methoxy groups -OCH3 is 1. The van der Waals surface area contributed by atoms with Crippen molar-refractivity contribution in [3.05, 3.63) is 40.5 Å². The van der Waals surface area contributed by atoms with Gasteiger partial charge in [0.15, 0.2) is 0 Å². The van der Waals surface area contributed by atoms with Crippen LogP contribution in [0.25, 0.3) is 10.9 Å². The van der Waals surface area contributed by atoms with Crippen molar-refractivity contribution in [3.63, 3.8) is 0 Å². The van der Waals surface area contributed by atoms with E-state index in [9.17, 15) is 4.79 Å². The van der Waals surface area contributed by atoms with Gasteiger partial charge in [-0.05, 0) is 24.3 Å². The van der Waals surface area contributed by atoms with Gasteiger partial charge in [0.05, 0.1) is 12.6 Å². The number of benzene rings is 1. The minimum Gasteiger partial charge on any atom is -0.464 e. The van der Waals surface area contributed by atoms with E-state index >= 15 is 0 Å². The largest absolute Gasteiger partial charge is 0.464 e. The molecule has 0 aliphatic rings. The minimum absolute atomic E-state index is 0.326. The first-order valence-electron chi connectivity index (χ1n) is 6.35. The second-order valence-electron chi connectivity index (χ2n) is 3.03. The summed E-state index contributed by atoms with van der Waals surface area (Å²) in [7, 11) is 1.34. The number of rotatable bonds is 1. The van der Waals surface area contributed by atoms with E-state index in [0.717, 1.165) is 15.4 Å². The fourth-order valence-electron chi connectivity index (χ4n) is 1.31. The van der Waals surface area contributed by atoms with Gasteiger partial charge >= 0.3 is 5.97 Å². The molecule has 0 amide bonds. The first-order valence-corrected chi connectivity index (χ1v) is 7.14. The van der Waals surface area contributed by atoms with Gasteiger partial charge in [-0.2, -0.15) is 0 Å². The molecule has 0 spiro atoms. The van der Waals surface area contributed by atoms with Gasteiger partial charge in [-0.25, -0.2) is 9.78 Å². The number of esters is 1. The molecule has 2 aromatic rings. The Morgan fingerprint density at radius 1 is 1.11 bits per heavy atom. The normalized spacial score (nSPS) is 8.74. The highest BCUT2D eigenvalue weighted by atomic mass is 79.9. The predicted octanol–water partition coefficient (Wildman–Crippen LogP) is 4.84. The van der Waals surface area contributed by atoms with Crippen LogP contribution in [0.3, 0.4) is 0 Å². The van der Waals surface area contributed by atoms with Crippen molar-refractivity contribution in [2.45, 2.75) is 27.7 Å². The molecule has 0 aliphatic heterocycles. The molecule has 1 aromatic heterocycles. The summed E-state index contributed by atoms with van der Waals surface area (Å²) in [6.07, 6.45) is 0. The van der Waals surface area contributed by atoms with Gasteiger partial charge in [-0.3, -0.25) is 0 Å². The highest BCUT2D eigenvalue weighted by Gasteiger charge is 2.07. The number of carbonyl (C=O) groups is 1. The molecular weight excluding hydrogens is 306 g/mol. The molecule has 2 rings (SSSR count). The third kappa shape index (κ3) is 4.99. The molecule has 1 heterocycles. The quantitative estimate of drug-likeness (QED) is 0.704. The highest BCUT2D eigenvalue weighted by Crippen LogP contribution is 2.18. The number of hydrogen-bond acceptors (Lipinski definition) is 3. The number of ether oxygens (including phenoxy) is 1. The lowest BCUT2D eigenvalue weighted by molar-refractivity contribution is 0.0594. The van der Waals surface area contributed by atoms with Crippen molar-refractivity contribution in [2.75, 3.05) is 7.11 Å². The average Bonchev–Trinajstić information content (AvgIpc) is 2.50. The molecule has 0 saturated heterocycles. The molecule has 0 unspecified atom stereocenters. The van der Waals surface area contributed by atoms with Crippen molar-refractivity contribution in [3.8, 4) is 0 Å². The van der Waals surface area contributed by atoms with Crippen molar-refractivity contribution in [1.29, 1.82) is 0 Å². The predicted molar refractivity (Wildman–Crippen MR) is 83.5 cm³/mol. The first kappa shape index (κ1) is 17.6. The Hall–Kier alpha value is -1.42. The summed E-state index contributed by atoms with van der Waals surface area (Å²) in [5, 5.41) is 0.983. The van der Waals surface area contributed by atoms with Crippen LogP contribution in [0.2, 0.25) is 0 Å². The van der Waals surface area contributed by atoms with Gasteiger partial charge in [-0.1, -0.05) is 49.7 Å². The molecule has 0 atom stereocenters. The molecule has 4 heteroatoms. The van der Waals surface area contributed by atoms with E-state index in [0.29, 0.717) is 5.69 Å². The Morgan fingerprint density at radius 3 is 2.32 bits per heavy atom. The molecule has 3 nitrogen and oxygen atoms in total. The van der Waals surface area contributed by atoms with E-state index in [2.05, 4.69) is 25.7 Å². The minimum atomic E-state index is -0.417. The highest BCUT2D eigenvalue weighted by molar-refractivity contribution is 9.10. The van der Waals surface area contributed by atoms with Crippen molar-refractivity contribution in [1.82, 2.24) is 4.98 Å². The number of aromatic nitrogens is 1. The van der Waals surface area contributed by atoms with Crippen molar-refractivity contribution >= 4 is 32.8 Å². The summed E-state index contributed by atoms with van der Waals surface area (Å²) in [5.74, 6) is -0.417. The Bertz CT molecular complexity index is 527. The Kier molecular flexibility index (Phi) is 8.79. The standard InChI is InChI=1S/C11H8BrNO2.2C2H6/c1-15-11(14)10-4-2-7-6-8(12)3-5-9(7)13-10;2*1-2/h2-6H,1H3;2*1-2H3. The molecule has 0 radical (unpaired) electrons. The van der Waals surface area contributed by atoms with E-state index in [-0.39, 0.29) is 0 Å². The van der Waals surface area contributed by atoms with Crippen molar-refractivity contribution < 1.29 is 9.53 Å². The van der Waals surface area contributed by atoms with Gasteiger partial charge in [0, 0.05) is 9.86 Å². The summed E-state index contributed by atoms with van der Waals surface area (Å²) in [4.78, 5) is 15.4. The van der Waals surface area contributed by atoms with E-state index < -0.39 is 5.97 Å².